The minimum absolute atomic E-state index is 0.101. The number of halogens is 6. The third-order valence-electron chi connectivity index (χ3n) is 3.31. The number of nitro groups is 1. The zero-order valence-electron chi connectivity index (χ0n) is 13.1. The van der Waals surface area contributed by atoms with E-state index >= 15 is 0 Å². The number of fused-ring (bicyclic) bond motifs is 3. The highest BCUT2D eigenvalue weighted by Crippen LogP contribution is 2.54. The lowest BCUT2D eigenvalue weighted by Gasteiger charge is -2.08. The second-order valence-corrected chi connectivity index (χ2v) is 8.41. The highest BCUT2D eigenvalue weighted by atomic mass is 32.2. The maximum absolute atomic E-state index is 13.3. The topological polar surface area (TPSA) is 100 Å². The van der Waals surface area contributed by atoms with Gasteiger partial charge in [-0.15, -0.1) is 13.2 Å². The van der Waals surface area contributed by atoms with Gasteiger partial charge in [0.1, 0.15) is 10.5 Å². The molecule has 0 aliphatic rings. The van der Waals surface area contributed by atoms with Crippen LogP contribution in [-0.2, 0) is 15.6 Å². The molecule has 1 heterocycles. The number of rotatable bonds is 1. The summed E-state index contributed by atoms with van der Waals surface area (Å²) in [6.07, 6.45) is 0. The van der Waals surface area contributed by atoms with Crippen LogP contribution in [0.15, 0.2) is 42.5 Å². The molecule has 3 rings (SSSR count). The summed E-state index contributed by atoms with van der Waals surface area (Å²) in [6, 6.07) is 9.72. The van der Waals surface area contributed by atoms with E-state index in [1.165, 1.54) is 18.2 Å². The van der Waals surface area contributed by atoms with Gasteiger partial charge < -0.3 is 4.55 Å². The molecule has 152 valence electrons. The molecule has 6 nitrogen and oxygen atoms in total. The molecule has 0 fully saturated rings. The van der Waals surface area contributed by atoms with Gasteiger partial charge in [0.25, 0.3) is 5.69 Å². The molecular formula is C14H7F6NO5S2. The Morgan fingerprint density at radius 2 is 1.39 bits per heavy atom. The van der Waals surface area contributed by atoms with Crippen LogP contribution < -0.4 is 0 Å². The molecule has 0 aliphatic carbocycles. The fraction of sp³-hybridized carbons (Fsp3) is 0.143. The molecule has 0 saturated carbocycles. The van der Waals surface area contributed by atoms with Crippen molar-refractivity contribution in [3.63, 3.8) is 0 Å². The van der Waals surface area contributed by atoms with Crippen LogP contribution in [0.25, 0.3) is 20.2 Å². The number of nitro benzene ring substituents is 1. The SMILES string of the molecule is O=S(=O)([O-])C(F)(F)F.O=[N+]([O-])c1ccc2c(c1)c1ccccc1[s+]2C(F)(F)F. The largest absolute Gasteiger partial charge is 0.741 e. The lowest BCUT2D eigenvalue weighted by Crippen LogP contribution is -2.21. The molecule has 1 atom stereocenters. The molecule has 2 aromatic carbocycles. The number of thiophene rings is 1. The first kappa shape index (κ1) is 21.8. The Morgan fingerprint density at radius 3 is 1.86 bits per heavy atom. The summed E-state index contributed by atoms with van der Waals surface area (Å²) in [5.41, 5.74) is -10.2. The Bertz CT molecular complexity index is 1150. The standard InChI is InChI=1S/C13H7F3NO2S.CHF3O3S/c14-13(15,16)20-11-4-2-1-3-9(11)10-7-8(17(18)19)5-6-12(10)20;2-1(3,4)8(5,6)7/h1-7H;(H,5,6,7)/q+1;/p-1. The Labute approximate surface area is 154 Å². The van der Waals surface area contributed by atoms with Gasteiger partial charge in [0, 0.05) is 23.6 Å². The van der Waals surface area contributed by atoms with E-state index in [4.69, 9.17) is 13.0 Å². The van der Waals surface area contributed by atoms with Crippen LogP contribution in [-0.4, -0.2) is 23.4 Å². The van der Waals surface area contributed by atoms with Crippen LogP contribution in [0.5, 0.6) is 0 Å². The molecule has 0 amide bonds. The van der Waals surface area contributed by atoms with Crippen molar-refractivity contribution in [1.82, 2.24) is 0 Å². The number of nitrogens with zero attached hydrogens (tertiary/aromatic N) is 1. The molecule has 0 spiro atoms. The normalized spacial score (nSPS) is 13.3. The zero-order chi connectivity index (χ0) is 21.5. The lowest BCUT2D eigenvalue weighted by atomic mass is 10.1. The summed E-state index contributed by atoms with van der Waals surface area (Å²) >= 11 is 0. The van der Waals surface area contributed by atoms with Gasteiger partial charge in [-0.25, -0.2) is 8.42 Å². The van der Waals surface area contributed by atoms with Crippen LogP contribution in [0.4, 0.5) is 32.0 Å². The van der Waals surface area contributed by atoms with Crippen LogP contribution in [0.3, 0.4) is 0 Å². The quantitative estimate of drug-likeness (QED) is 0.128. The maximum atomic E-state index is 13.3. The Hall–Kier alpha value is -2.45. The third kappa shape index (κ3) is 4.34. The van der Waals surface area contributed by atoms with E-state index in [-0.39, 0.29) is 15.1 Å². The summed E-state index contributed by atoms with van der Waals surface area (Å²) < 4.78 is 98.9. The fourth-order valence-corrected chi connectivity index (χ4v) is 4.20. The molecule has 1 aromatic heterocycles. The van der Waals surface area contributed by atoms with Crippen molar-refractivity contribution in [1.29, 1.82) is 0 Å². The van der Waals surface area contributed by atoms with E-state index in [2.05, 4.69) is 0 Å². The summed E-state index contributed by atoms with van der Waals surface area (Å²) in [7, 11) is -8.13. The highest BCUT2D eigenvalue weighted by Gasteiger charge is 2.47. The Balaban J connectivity index is 0.000000300. The van der Waals surface area contributed by atoms with Crippen LogP contribution >= 0.6 is 10.5 Å². The van der Waals surface area contributed by atoms with Crippen LogP contribution in [0, 0.1) is 10.1 Å². The van der Waals surface area contributed by atoms with Crippen molar-refractivity contribution in [3.05, 3.63) is 52.6 Å². The van der Waals surface area contributed by atoms with E-state index in [1.807, 2.05) is 0 Å². The van der Waals surface area contributed by atoms with Crippen molar-refractivity contribution in [2.45, 2.75) is 11.0 Å². The zero-order valence-corrected chi connectivity index (χ0v) is 14.7. The lowest BCUT2D eigenvalue weighted by molar-refractivity contribution is -0.384. The predicted molar refractivity (Wildman–Crippen MR) is 87.6 cm³/mol. The minimum Gasteiger partial charge on any atom is -0.741 e. The monoisotopic (exact) mass is 447 g/mol. The summed E-state index contributed by atoms with van der Waals surface area (Å²) in [5, 5.41) is 11.5. The van der Waals surface area contributed by atoms with Gasteiger partial charge in [0.15, 0.2) is 19.5 Å². The van der Waals surface area contributed by atoms with Crippen molar-refractivity contribution < 1.29 is 44.2 Å². The second kappa shape index (κ2) is 7.18. The highest BCUT2D eigenvalue weighted by molar-refractivity contribution is 7.86. The average molecular weight is 447 g/mol. The molecular weight excluding hydrogens is 440 g/mol. The number of hydrogen-bond donors (Lipinski definition) is 0. The van der Waals surface area contributed by atoms with Crippen molar-refractivity contribution in [2.75, 3.05) is 0 Å². The molecule has 1 unspecified atom stereocenters. The number of benzene rings is 2. The molecule has 0 aliphatic heterocycles. The van der Waals surface area contributed by atoms with Gasteiger partial charge in [-0.2, -0.15) is 13.2 Å². The summed E-state index contributed by atoms with van der Waals surface area (Å²) in [5.74, 6) is 0. The van der Waals surface area contributed by atoms with E-state index < -0.39 is 36.5 Å². The van der Waals surface area contributed by atoms with Crippen LogP contribution in [0.2, 0.25) is 0 Å². The van der Waals surface area contributed by atoms with Gasteiger partial charge in [-0.3, -0.25) is 10.1 Å². The molecule has 3 aromatic rings. The molecule has 0 N–H and O–H groups in total. The summed E-state index contributed by atoms with van der Waals surface area (Å²) in [6.45, 7) is 0. The first-order valence-electron chi connectivity index (χ1n) is 6.85. The van der Waals surface area contributed by atoms with Crippen molar-refractivity contribution in [2.24, 2.45) is 0 Å². The van der Waals surface area contributed by atoms with E-state index in [1.54, 1.807) is 18.2 Å². The molecule has 0 saturated heterocycles. The molecule has 28 heavy (non-hydrogen) atoms. The number of alkyl halides is 6. The van der Waals surface area contributed by atoms with Gasteiger partial charge in [0.05, 0.1) is 10.3 Å². The maximum Gasteiger partial charge on any atom is 0.601 e. The third-order valence-corrected chi connectivity index (χ3v) is 5.93. The fourth-order valence-electron chi connectivity index (χ4n) is 2.25. The first-order chi connectivity index (χ1) is 12.6. The van der Waals surface area contributed by atoms with Gasteiger partial charge in [-0.1, -0.05) is 12.1 Å². The van der Waals surface area contributed by atoms with E-state index in [0.29, 0.717) is 10.8 Å². The smallest absolute Gasteiger partial charge is 0.601 e. The van der Waals surface area contributed by atoms with Gasteiger partial charge in [0.2, 0.25) is 0 Å². The van der Waals surface area contributed by atoms with Crippen LogP contribution in [0.1, 0.15) is 0 Å². The van der Waals surface area contributed by atoms with Crippen molar-refractivity contribution in [3.8, 4) is 0 Å². The summed E-state index contributed by atoms with van der Waals surface area (Å²) in [4.78, 5) is 10.2. The van der Waals surface area contributed by atoms with E-state index in [9.17, 15) is 36.5 Å². The first-order valence-corrected chi connectivity index (χ1v) is 9.49. The number of non-ortho nitro benzene ring substituents is 1. The predicted octanol–water partition coefficient (Wildman–Crippen LogP) is 5.18. The average Bonchev–Trinajstić information content (AvgIpc) is 2.87. The Kier molecular flexibility index (Phi) is 5.60. The Morgan fingerprint density at radius 1 is 0.893 bits per heavy atom. The number of hydrogen-bond acceptors (Lipinski definition) is 5. The molecule has 14 heteroatoms. The molecule has 0 radical (unpaired) electrons. The minimum atomic E-state index is -6.09. The van der Waals surface area contributed by atoms with Crippen molar-refractivity contribution >= 4 is 46.4 Å². The van der Waals surface area contributed by atoms with Gasteiger partial charge in [-0.05, 0) is 12.1 Å². The van der Waals surface area contributed by atoms with E-state index in [0.717, 1.165) is 6.07 Å². The molecule has 0 bridgehead atoms. The van der Waals surface area contributed by atoms with Gasteiger partial charge >= 0.3 is 11.0 Å². The second-order valence-electron chi connectivity index (χ2n) is 5.09.